The van der Waals surface area contributed by atoms with E-state index in [4.69, 9.17) is 24.1 Å². The lowest BCUT2D eigenvalue weighted by Gasteiger charge is -2.42. The highest BCUT2D eigenvalue weighted by Gasteiger charge is 2.72. The van der Waals surface area contributed by atoms with Gasteiger partial charge in [0, 0.05) is 19.3 Å². The molecule has 180 valence electrons. The highest BCUT2D eigenvalue weighted by molar-refractivity contribution is 5.82. The highest BCUT2D eigenvalue weighted by atomic mass is 16.6. The van der Waals surface area contributed by atoms with E-state index in [1.54, 1.807) is 37.5 Å². The number of hydrogen-bond donors (Lipinski definition) is 1. The molecular weight excluding hydrogens is 424 g/mol. The van der Waals surface area contributed by atoms with Crippen LogP contribution in [0.15, 0.2) is 60.3 Å². The van der Waals surface area contributed by atoms with Gasteiger partial charge in [0.05, 0.1) is 18.6 Å². The van der Waals surface area contributed by atoms with Gasteiger partial charge in [0.25, 0.3) is 0 Å². The fourth-order valence-corrected chi connectivity index (χ4v) is 4.79. The molecule has 3 aliphatic rings. The first-order valence-corrected chi connectivity index (χ1v) is 11.3. The molecule has 0 aromatic carbocycles. The molecule has 7 nitrogen and oxygen atoms in total. The molecule has 1 saturated carbocycles. The van der Waals surface area contributed by atoms with Crippen LogP contribution in [0, 0.1) is 5.92 Å². The second-order valence-electron chi connectivity index (χ2n) is 9.18. The first kappa shape index (κ1) is 25.1. The van der Waals surface area contributed by atoms with Crippen molar-refractivity contribution in [2.75, 3.05) is 13.7 Å². The largest absolute Gasteiger partial charge is 0.478 e. The molecule has 0 amide bonds. The van der Waals surface area contributed by atoms with Crippen molar-refractivity contribution < 1.29 is 33.6 Å². The van der Waals surface area contributed by atoms with Crippen LogP contribution in [-0.4, -0.2) is 60.3 Å². The van der Waals surface area contributed by atoms with Gasteiger partial charge < -0.3 is 24.1 Å². The van der Waals surface area contributed by atoms with Crippen molar-refractivity contribution in [3.8, 4) is 0 Å². The number of allylic oxidation sites excluding steroid dienone is 7. The Morgan fingerprint density at radius 1 is 1.09 bits per heavy atom. The van der Waals surface area contributed by atoms with Gasteiger partial charge >= 0.3 is 11.9 Å². The average Bonchev–Trinajstić information content (AvgIpc) is 3.67. The zero-order valence-corrected chi connectivity index (χ0v) is 19.7. The van der Waals surface area contributed by atoms with Crippen LogP contribution < -0.4 is 0 Å². The molecule has 33 heavy (non-hydrogen) atoms. The highest BCUT2D eigenvalue weighted by Crippen LogP contribution is 2.59. The minimum absolute atomic E-state index is 0.00928. The number of ether oxygens (including phenoxy) is 4. The Morgan fingerprint density at radius 2 is 1.73 bits per heavy atom. The number of carboxylic acid groups (broad SMARTS) is 1. The number of epoxide rings is 2. The summed E-state index contributed by atoms with van der Waals surface area (Å²) in [7, 11) is 1.65. The van der Waals surface area contributed by atoms with Gasteiger partial charge in [0.1, 0.15) is 23.4 Å². The van der Waals surface area contributed by atoms with Crippen LogP contribution in [0.3, 0.4) is 0 Å². The standard InChI is InChI=1S/C26H34O7/c1-18(2)13-14-20-25(3,33-20)24-23(30-4)19(15-16-26(24)17-31-26)32-22(29)12-10-8-6-5-7-9-11-21(27)28/h5-13,19-20,23-24H,14-17H2,1-4H3,(H,27,28)/b7-5+,8-6+,11-9+,12-10+/t19-,20+,23-,24+,25+,26-/m1/s1. The minimum Gasteiger partial charge on any atom is -0.478 e. The summed E-state index contributed by atoms with van der Waals surface area (Å²) in [5, 5.41) is 8.51. The van der Waals surface area contributed by atoms with Crippen LogP contribution in [-0.2, 0) is 28.5 Å². The van der Waals surface area contributed by atoms with Gasteiger partial charge in [-0.1, -0.05) is 48.1 Å². The van der Waals surface area contributed by atoms with Crippen molar-refractivity contribution in [2.45, 2.75) is 69.5 Å². The van der Waals surface area contributed by atoms with Crippen LogP contribution >= 0.6 is 0 Å². The fraction of sp³-hybridized carbons (Fsp3) is 0.538. The normalized spacial score (nSPS) is 35.6. The monoisotopic (exact) mass is 458 g/mol. The molecule has 1 aliphatic carbocycles. The second kappa shape index (κ2) is 10.6. The van der Waals surface area contributed by atoms with E-state index in [1.807, 2.05) is 0 Å². The Kier molecular flexibility index (Phi) is 8.10. The molecule has 1 spiro atoms. The van der Waals surface area contributed by atoms with E-state index in [9.17, 15) is 9.59 Å². The van der Waals surface area contributed by atoms with Crippen molar-refractivity contribution in [1.29, 1.82) is 0 Å². The third kappa shape index (κ3) is 6.31. The Morgan fingerprint density at radius 3 is 2.30 bits per heavy atom. The van der Waals surface area contributed by atoms with E-state index in [1.165, 1.54) is 17.7 Å². The number of carbonyl (C=O) groups excluding carboxylic acids is 1. The maximum Gasteiger partial charge on any atom is 0.331 e. The minimum atomic E-state index is -1.00. The summed E-state index contributed by atoms with van der Waals surface area (Å²) >= 11 is 0. The Hall–Kier alpha value is -2.48. The maximum atomic E-state index is 12.4. The van der Waals surface area contributed by atoms with Crippen LogP contribution in [0.25, 0.3) is 0 Å². The first-order valence-electron chi connectivity index (χ1n) is 11.3. The molecule has 1 N–H and O–H groups in total. The summed E-state index contributed by atoms with van der Waals surface area (Å²) in [6.07, 6.45) is 16.0. The number of rotatable bonds is 10. The lowest BCUT2D eigenvalue weighted by atomic mass is 9.68. The van der Waals surface area contributed by atoms with Gasteiger partial charge in [-0.25, -0.2) is 9.59 Å². The number of carboxylic acids is 1. The lowest BCUT2D eigenvalue weighted by molar-refractivity contribution is -0.166. The van der Waals surface area contributed by atoms with Crippen LogP contribution in [0.2, 0.25) is 0 Å². The number of methoxy groups -OCH3 is 1. The van der Waals surface area contributed by atoms with E-state index in [2.05, 4.69) is 26.8 Å². The van der Waals surface area contributed by atoms with Crippen LogP contribution in [0.5, 0.6) is 0 Å². The molecule has 3 rings (SSSR count). The third-order valence-corrected chi connectivity index (χ3v) is 6.53. The number of hydrogen-bond acceptors (Lipinski definition) is 6. The van der Waals surface area contributed by atoms with Crippen molar-refractivity contribution in [3.05, 3.63) is 60.3 Å². The van der Waals surface area contributed by atoms with E-state index in [-0.39, 0.29) is 35.4 Å². The molecule has 0 unspecified atom stereocenters. The predicted octanol–water partition coefficient (Wildman–Crippen LogP) is 3.92. The van der Waals surface area contributed by atoms with E-state index < -0.39 is 11.9 Å². The van der Waals surface area contributed by atoms with Crippen molar-refractivity contribution >= 4 is 11.9 Å². The van der Waals surface area contributed by atoms with Crippen molar-refractivity contribution in [3.63, 3.8) is 0 Å². The molecule has 0 bridgehead atoms. The summed E-state index contributed by atoms with van der Waals surface area (Å²) in [4.78, 5) is 22.8. The van der Waals surface area contributed by atoms with Gasteiger partial charge in [-0.3, -0.25) is 0 Å². The maximum absolute atomic E-state index is 12.4. The molecule has 0 aromatic heterocycles. The van der Waals surface area contributed by atoms with Gasteiger partial charge in [-0.2, -0.15) is 0 Å². The molecule has 6 atom stereocenters. The fourth-order valence-electron chi connectivity index (χ4n) is 4.79. The van der Waals surface area contributed by atoms with Crippen molar-refractivity contribution in [2.24, 2.45) is 5.92 Å². The SMILES string of the molecule is CO[C@H]1[C@@H]([C@@]2(C)O[C@H]2CC=C(C)C)[C@@]2(CC[C@H]1OC(=O)/C=C/C=C/C=C/C=C/C(=O)O)CO2. The molecule has 2 aliphatic heterocycles. The van der Waals surface area contributed by atoms with Gasteiger partial charge in [0.2, 0.25) is 0 Å². The zero-order chi connectivity index (χ0) is 24.1. The predicted molar refractivity (Wildman–Crippen MR) is 124 cm³/mol. The second-order valence-corrected chi connectivity index (χ2v) is 9.18. The van der Waals surface area contributed by atoms with Crippen LogP contribution in [0.1, 0.15) is 40.0 Å². The Labute approximate surface area is 195 Å². The van der Waals surface area contributed by atoms with Gasteiger partial charge in [-0.05, 0) is 40.0 Å². The average molecular weight is 459 g/mol. The van der Waals surface area contributed by atoms with E-state index in [0.717, 1.165) is 18.9 Å². The quantitative estimate of drug-likeness (QED) is 0.174. The summed E-state index contributed by atoms with van der Waals surface area (Å²) in [5.74, 6) is -1.45. The van der Waals surface area contributed by atoms with Crippen molar-refractivity contribution in [1.82, 2.24) is 0 Å². The zero-order valence-electron chi connectivity index (χ0n) is 19.7. The van der Waals surface area contributed by atoms with Crippen LogP contribution in [0.4, 0.5) is 0 Å². The molecule has 0 aromatic rings. The van der Waals surface area contributed by atoms with Gasteiger partial charge in [-0.15, -0.1) is 0 Å². The summed E-state index contributed by atoms with van der Waals surface area (Å²) in [5.41, 5.74) is 0.642. The number of carbonyl (C=O) groups is 2. The topological polar surface area (TPSA) is 97.9 Å². The Balaban J connectivity index is 1.59. The molecule has 2 heterocycles. The molecule has 7 heteroatoms. The first-order chi connectivity index (χ1) is 15.7. The third-order valence-electron chi connectivity index (χ3n) is 6.53. The molecule has 3 fully saturated rings. The lowest BCUT2D eigenvalue weighted by Crippen LogP contribution is -2.55. The summed E-state index contributed by atoms with van der Waals surface area (Å²) in [6.45, 7) is 6.96. The molecule has 2 saturated heterocycles. The molecular formula is C26H34O7. The van der Waals surface area contributed by atoms with E-state index >= 15 is 0 Å². The smallest absolute Gasteiger partial charge is 0.331 e. The van der Waals surface area contributed by atoms with Gasteiger partial charge in [0.15, 0.2) is 0 Å². The van der Waals surface area contributed by atoms with E-state index in [0.29, 0.717) is 13.0 Å². The summed E-state index contributed by atoms with van der Waals surface area (Å²) < 4.78 is 23.8. The number of aliphatic carboxylic acids is 1. The number of esters is 1. The molecule has 0 radical (unpaired) electrons. The summed E-state index contributed by atoms with van der Waals surface area (Å²) in [6, 6.07) is 0. The Bertz CT molecular complexity index is 873.